The first-order valence-electron chi connectivity index (χ1n) is 5.73. The van der Waals surface area contributed by atoms with E-state index in [0.29, 0.717) is 6.54 Å². The Morgan fingerprint density at radius 3 is 2.74 bits per heavy atom. The number of benzene rings is 1. The quantitative estimate of drug-likeness (QED) is 0.323. The minimum absolute atomic E-state index is 0.00238. The average molecular weight is 269 g/mol. The molecule has 0 spiro atoms. The highest BCUT2D eigenvalue weighted by atomic mass is 19.1. The number of phenolic OH excluding ortho intramolecular Hbond substituents is 1. The van der Waals surface area contributed by atoms with Gasteiger partial charge >= 0.3 is 0 Å². The zero-order chi connectivity index (χ0) is 14.4. The van der Waals surface area contributed by atoms with Gasteiger partial charge in [-0.1, -0.05) is 5.16 Å². The molecule has 0 saturated heterocycles. The second-order valence-corrected chi connectivity index (χ2v) is 3.89. The lowest BCUT2D eigenvalue weighted by atomic mass is 10.1. The van der Waals surface area contributed by atoms with Crippen LogP contribution in [0.2, 0.25) is 0 Å². The van der Waals surface area contributed by atoms with Gasteiger partial charge in [-0.25, -0.2) is 4.39 Å². The van der Waals surface area contributed by atoms with Crippen molar-refractivity contribution in [3.05, 3.63) is 29.6 Å². The SMILES string of the molecule is CCN(CC/C(N)=N/O)C(=O)c1ccc(O)cc1F. The fourth-order valence-electron chi connectivity index (χ4n) is 1.55. The van der Waals surface area contributed by atoms with Crippen molar-refractivity contribution in [2.75, 3.05) is 13.1 Å². The van der Waals surface area contributed by atoms with Gasteiger partial charge in [-0.15, -0.1) is 0 Å². The molecule has 6 nitrogen and oxygen atoms in total. The van der Waals surface area contributed by atoms with Crippen molar-refractivity contribution in [3.63, 3.8) is 0 Å². The van der Waals surface area contributed by atoms with Crippen molar-refractivity contribution in [2.24, 2.45) is 10.9 Å². The van der Waals surface area contributed by atoms with Gasteiger partial charge in [0.2, 0.25) is 0 Å². The van der Waals surface area contributed by atoms with Gasteiger partial charge in [0, 0.05) is 25.6 Å². The van der Waals surface area contributed by atoms with E-state index in [1.54, 1.807) is 6.92 Å². The van der Waals surface area contributed by atoms with E-state index in [4.69, 9.17) is 16.0 Å². The Labute approximate surface area is 109 Å². The van der Waals surface area contributed by atoms with Gasteiger partial charge in [0.05, 0.1) is 5.56 Å². The van der Waals surface area contributed by atoms with Crippen molar-refractivity contribution in [1.29, 1.82) is 0 Å². The van der Waals surface area contributed by atoms with Crippen molar-refractivity contribution in [2.45, 2.75) is 13.3 Å². The second kappa shape index (κ2) is 6.58. The summed E-state index contributed by atoms with van der Waals surface area (Å²) in [6.07, 6.45) is 0.190. The number of carbonyl (C=O) groups excluding carboxylic acids is 1. The molecule has 19 heavy (non-hydrogen) atoms. The third kappa shape index (κ3) is 3.84. The van der Waals surface area contributed by atoms with Crippen LogP contribution in [0.5, 0.6) is 5.75 Å². The molecule has 0 saturated carbocycles. The van der Waals surface area contributed by atoms with E-state index in [9.17, 15) is 9.18 Å². The largest absolute Gasteiger partial charge is 0.508 e. The molecule has 1 aromatic rings. The smallest absolute Gasteiger partial charge is 0.256 e. The van der Waals surface area contributed by atoms with Crippen LogP contribution in [-0.4, -0.2) is 40.0 Å². The summed E-state index contributed by atoms with van der Waals surface area (Å²) in [7, 11) is 0. The molecule has 0 atom stereocenters. The van der Waals surface area contributed by atoms with Crippen LogP contribution in [0.1, 0.15) is 23.7 Å². The summed E-state index contributed by atoms with van der Waals surface area (Å²) in [6.45, 7) is 2.31. The lowest BCUT2D eigenvalue weighted by Crippen LogP contribution is -2.34. The highest BCUT2D eigenvalue weighted by molar-refractivity contribution is 5.95. The van der Waals surface area contributed by atoms with Crippen LogP contribution in [-0.2, 0) is 0 Å². The first kappa shape index (κ1) is 14.7. The highest BCUT2D eigenvalue weighted by Gasteiger charge is 2.18. The molecule has 0 radical (unpaired) electrons. The summed E-state index contributed by atoms with van der Waals surface area (Å²) < 4.78 is 13.6. The van der Waals surface area contributed by atoms with E-state index in [2.05, 4.69) is 5.16 Å². The topological polar surface area (TPSA) is 99.1 Å². The molecule has 0 unspecified atom stereocenters. The Hall–Kier alpha value is -2.31. The van der Waals surface area contributed by atoms with Gasteiger partial charge in [0.25, 0.3) is 5.91 Å². The van der Waals surface area contributed by atoms with Gasteiger partial charge in [-0.05, 0) is 19.1 Å². The molecule has 104 valence electrons. The number of nitrogens with two attached hydrogens (primary N) is 1. The number of aromatic hydroxyl groups is 1. The van der Waals surface area contributed by atoms with Gasteiger partial charge in [0.1, 0.15) is 17.4 Å². The lowest BCUT2D eigenvalue weighted by molar-refractivity contribution is 0.0763. The van der Waals surface area contributed by atoms with Crippen LogP contribution in [0, 0.1) is 5.82 Å². The number of hydrogen-bond donors (Lipinski definition) is 3. The molecule has 7 heteroatoms. The van der Waals surface area contributed by atoms with Crippen molar-refractivity contribution < 1.29 is 19.5 Å². The van der Waals surface area contributed by atoms with Crippen molar-refractivity contribution in [1.82, 2.24) is 4.90 Å². The van der Waals surface area contributed by atoms with E-state index in [0.717, 1.165) is 6.07 Å². The van der Waals surface area contributed by atoms with Gasteiger partial charge in [-0.3, -0.25) is 4.79 Å². The van der Waals surface area contributed by atoms with Crippen LogP contribution < -0.4 is 5.73 Å². The summed E-state index contributed by atoms with van der Waals surface area (Å²) in [4.78, 5) is 13.4. The van der Waals surface area contributed by atoms with E-state index < -0.39 is 11.7 Å². The van der Waals surface area contributed by atoms with Crippen LogP contribution >= 0.6 is 0 Å². The van der Waals surface area contributed by atoms with Crippen molar-refractivity contribution >= 4 is 11.7 Å². The number of oxime groups is 1. The fraction of sp³-hybridized carbons (Fsp3) is 0.333. The number of amides is 1. The second-order valence-electron chi connectivity index (χ2n) is 3.89. The molecule has 0 fully saturated rings. The van der Waals surface area contributed by atoms with Crippen LogP contribution in [0.25, 0.3) is 0 Å². The number of carbonyl (C=O) groups is 1. The maximum atomic E-state index is 13.6. The first-order valence-corrected chi connectivity index (χ1v) is 5.73. The number of amidine groups is 1. The predicted octanol–water partition coefficient (Wildman–Crippen LogP) is 1.13. The number of halogens is 1. The normalized spacial score (nSPS) is 11.4. The summed E-state index contributed by atoms with van der Waals surface area (Å²) in [5.41, 5.74) is 5.19. The van der Waals surface area contributed by atoms with Crippen molar-refractivity contribution in [3.8, 4) is 5.75 Å². The molecule has 4 N–H and O–H groups in total. The van der Waals surface area contributed by atoms with Gasteiger partial charge < -0.3 is 20.9 Å². The fourth-order valence-corrected chi connectivity index (χ4v) is 1.55. The molecule has 0 aliphatic carbocycles. The maximum Gasteiger partial charge on any atom is 0.256 e. The zero-order valence-corrected chi connectivity index (χ0v) is 10.5. The standard InChI is InChI=1S/C12H16FN3O3/c1-2-16(6-5-11(14)15-19)12(18)9-4-3-8(17)7-10(9)13/h3-4,7,17,19H,2,5-6H2,1H3,(H2,14,15). The molecule has 0 aliphatic heterocycles. The van der Waals surface area contributed by atoms with Gasteiger partial charge in [0.15, 0.2) is 0 Å². The van der Waals surface area contributed by atoms with E-state index in [1.165, 1.54) is 17.0 Å². The van der Waals surface area contributed by atoms with E-state index in [-0.39, 0.29) is 30.1 Å². The minimum Gasteiger partial charge on any atom is -0.508 e. The Morgan fingerprint density at radius 2 is 2.21 bits per heavy atom. The zero-order valence-electron chi connectivity index (χ0n) is 10.5. The van der Waals surface area contributed by atoms with E-state index >= 15 is 0 Å². The summed E-state index contributed by atoms with van der Waals surface area (Å²) in [5.74, 6) is -1.54. The molecule has 1 amide bonds. The predicted molar refractivity (Wildman–Crippen MR) is 67.7 cm³/mol. The molecule has 0 heterocycles. The molecule has 0 aromatic heterocycles. The number of phenols is 1. The Morgan fingerprint density at radius 1 is 1.53 bits per heavy atom. The molecule has 0 bridgehead atoms. The third-order valence-electron chi connectivity index (χ3n) is 2.62. The lowest BCUT2D eigenvalue weighted by Gasteiger charge is -2.20. The number of rotatable bonds is 5. The summed E-state index contributed by atoms with van der Waals surface area (Å²) in [6, 6.07) is 3.34. The first-order chi connectivity index (χ1) is 8.99. The minimum atomic E-state index is -0.785. The summed E-state index contributed by atoms with van der Waals surface area (Å²) in [5, 5.41) is 20.3. The molecule has 0 aliphatic rings. The van der Waals surface area contributed by atoms with Crippen LogP contribution in [0.3, 0.4) is 0 Å². The average Bonchev–Trinajstić information content (AvgIpc) is 2.38. The Bertz CT molecular complexity index is 491. The van der Waals surface area contributed by atoms with Crippen LogP contribution in [0.15, 0.2) is 23.4 Å². The highest BCUT2D eigenvalue weighted by Crippen LogP contribution is 2.16. The molecule has 1 aromatic carbocycles. The van der Waals surface area contributed by atoms with Crippen LogP contribution in [0.4, 0.5) is 4.39 Å². The molecule has 1 rings (SSSR count). The Balaban J connectivity index is 2.83. The third-order valence-corrected chi connectivity index (χ3v) is 2.62. The monoisotopic (exact) mass is 269 g/mol. The number of hydrogen-bond acceptors (Lipinski definition) is 4. The molecular formula is C12H16FN3O3. The summed E-state index contributed by atoms with van der Waals surface area (Å²) >= 11 is 0. The molecular weight excluding hydrogens is 253 g/mol. The number of nitrogens with zero attached hydrogens (tertiary/aromatic N) is 2. The maximum absolute atomic E-state index is 13.6. The van der Waals surface area contributed by atoms with E-state index in [1.807, 2.05) is 0 Å². The van der Waals surface area contributed by atoms with Gasteiger partial charge in [-0.2, -0.15) is 0 Å². The Kier molecular flexibility index (Phi) is 5.11.